The van der Waals surface area contributed by atoms with E-state index in [4.69, 9.17) is 10.6 Å². The molecule has 1 rings (SSSR count). The average molecular weight is 222 g/mol. The van der Waals surface area contributed by atoms with E-state index in [0.29, 0.717) is 11.3 Å². The van der Waals surface area contributed by atoms with Crippen LogP contribution in [0.4, 0.5) is 0 Å². The maximum absolute atomic E-state index is 11.1. The summed E-state index contributed by atoms with van der Waals surface area (Å²) in [5.41, 5.74) is 2.53. The van der Waals surface area contributed by atoms with Crippen molar-refractivity contribution in [2.45, 2.75) is 20.0 Å². The van der Waals surface area contributed by atoms with Crippen molar-refractivity contribution in [3.05, 3.63) is 29.8 Å². The zero-order valence-corrected chi connectivity index (χ0v) is 9.19. The zero-order chi connectivity index (χ0) is 12.1. The SMILES string of the molecule is CC(=O)c1cccc(OC(C)C(=O)NN)c1. The maximum Gasteiger partial charge on any atom is 0.274 e. The number of benzene rings is 1. The number of amides is 1. The van der Waals surface area contributed by atoms with Crippen LogP contribution in [0.3, 0.4) is 0 Å². The number of ether oxygens (including phenoxy) is 1. The maximum atomic E-state index is 11.1. The molecule has 1 aromatic carbocycles. The van der Waals surface area contributed by atoms with Gasteiger partial charge in [-0.1, -0.05) is 12.1 Å². The molecule has 0 aromatic heterocycles. The van der Waals surface area contributed by atoms with Crippen LogP contribution in [0.5, 0.6) is 5.75 Å². The molecule has 3 N–H and O–H groups in total. The number of hydrazine groups is 1. The van der Waals surface area contributed by atoms with Gasteiger partial charge in [-0.05, 0) is 26.0 Å². The van der Waals surface area contributed by atoms with Gasteiger partial charge in [0.05, 0.1) is 0 Å². The van der Waals surface area contributed by atoms with E-state index in [-0.39, 0.29) is 5.78 Å². The minimum absolute atomic E-state index is 0.0543. The Morgan fingerprint density at radius 2 is 2.12 bits per heavy atom. The number of ketones is 1. The van der Waals surface area contributed by atoms with Crippen molar-refractivity contribution in [1.82, 2.24) is 5.43 Å². The summed E-state index contributed by atoms with van der Waals surface area (Å²) in [6, 6.07) is 6.64. The number of rotatable bonds is 4. The number of nitrogens with one attached hydrogen (secondary N) is 1. The summed E-state index contributed by atoms with van der Waals surface area (Å²) in [7, 11) is 0. The number of hydrogen-bond donors (Lipinski definition) is 2. The second kappa shape index (κ2) is 5.27. The molecule has 0 bridgehead atoms. The highest BCUT2D eigenvalue weighted by Gasteiger charge is 2.13. The molecule has 1 amide bonds. The Balaban J connectivity index is 2.78. The van der Waals surface area contributed by atoms with Crippen LogP contribution in [0, 0.1) is 0 Å². The van der Waals surface area contributed by atoms with Crippen molar-refractivity contribution >= 4 is 11.7 Å². The normalized spacial score (nSPS) is 11.7. The van der Waals surface area contributed by atoms with E-state index in [1.54, 1.807) is 31.2 Å². The van der Waals surface area contributed by atoms with Gasteiger partial charge in [0.15, 0.2) is 11.9 Å². The van der Waals surface area contributed by atoms with E-state index in [9.17, 15) is 9.59 Å². The van der Waals surface area contributed by atoms with Gasteiger partial charge in [0.2, 0.25) is 0 Å². The minimum Gasteiger partial charge on any atom is -0.481 e. The second-order valence-corrected chi connectivity index (χ2v) is 3.35. The lowest BCUT2D eigenvalue weighted by molar-refractivity contribution is -0.127. The molecule has 0 saturated carbocycles. The smallest absolute Gasteiger partial charge is 0.274 e. The third-order valence-electron chi connectivity index (χ3n) is 2.06. The van der Waals surface area contributed by atoms with Crippen LogP contribution >= 0.6 is 0 Å². The van der Waals surface area contributed by atoms with E-state index in [1.165, 1.54) is 6.92 Å². The lowest BCUT2D eigenvalue weighted by Gasteiger charge is -2.13. The molecule has 1 unspecified atom stereocenters. The molecule has 5 nitrogen and oxygen atoms in total. The quantitative estimate of drug-likeness (QED) is 0.339. The number of nitrogens with two attached hydrogens (primary N) is 1. The Morgan fingerprint density at radius 3 is 2.69 bits per heavy atom. The van der Waals surface area contributed by atoms with Crippen LogP contribution in [0.2, 0.25) is 0 Å². The van der Waals surface area contributed by atoms with E-state index in [1.807, 2.05) is 5.43 Å². The molecule has 0 radical (unpaired) electrons. The Labute approximate surface area is 93.6 Å². The fourth-order valence-electron chi connectivity index (χ4n) is 1.16. The minimum atomic E-state index is -0.702. The molecule has 0 saturated heterocycles. The van der Waals surface area contributed by atoms with Gasteiger partial charge in [-0.2, -0.15) is 0 Å². The topological polar surface area (TPSA) is 81.4 Å². The lowest BCUT2D eigenvalue weighted by Crippen LogP contribution is -2.40. The summed E-state index contributed by atoms with van der Waals surface area (Å²) >= 11 is 0. The summed E-state index contributed by atoms with van der Waals surface area (Å²) in [5.74, 6) is 4.96. The Morgan fingerprint density at radius 1 is 1.44 bits per heavy atom. The predicted molar refractivity (Wildman–Crippen MR) is 58.9 cm³/mol. The summed E-state index contributed by atoms with van der Waals surface area (Å²) in [6.45, 7) is 3.04. The van der Waals surface area contributed by atoms with Crippen molar-refractivity contribution in [3.63, 3.8) is 0 Å². The molecular weight excluding hydrogens is 208 g/mol. The van der Waals surface area contributed by atoms with Crippen molar-refractivity contribution in [1.29, 1.82) is 0 Å². The Hall–Kier alpha value is -1.88. The van der Waals surface area contributed by atoms with Gasteiger partial charge in [-0.25, -0.2) is 5.84 Å². The Bertz CT molecular complexity index is 404. The van der Waals surface area contributed by atoms with Crippen LogP contribution < -0.4 is 16.0 Å². The molecule has 0 aliphatic rings. The molecule has 1 aromatic rings. The fraction of sp³-hybridized carbons (Fsp3) is 0.273. The first-order valence-corrected chi connectivity index (χ1v) is 4.82. The molecule has 0 fully saturated rings. The van der Waals surface area contributed by atoms with Crippen molar-refractivity contribution in [2.24, 2.45) is 5.84 Å². The van der Waals surface area contributed by atoms with E-state index >= 15 is 0 Å². The first kappa shape index (κ1) is 12.2. The molecular formula is C11H14N2O3. The van der Waals surface area contributed by atoms with Crippen molar-refractivity contribution in [3.8, 4) is 5.75 Å². The third-order valence-corrected chi connectivity index (χ3v) is 2.06. The van der Waals surface area contributed by atoms with Gasteiger partial charge in [0, 0.05) is 5.56 Å². The first-order valence-electron chi connectivity index (χ1n) is 4.82. The highest BCUT2D eigenvalue weighted by molar-refractivity contribution is 5.94. The highest BCUT2D eigenvalue weighted by atomic mass is 16.5. The standard InChI is InChI=1S/C11H14N2O3/c1-7(14)9-4-3-5-10(6-9)16-8(2)11(15)13-12/h3-6,8H,12H2,1-2H3,(H,13,15). The molecule has 1 atom stereocenters. The Kier molecular flexibility index (Phi) is 4.02. The van der Waals surface area contributed by atoms with Crippen LogP contribution in [-0.2, 0) is 4.79 Å². The van der Waals surface area contributed by atoms with Crippen LogP contribution in [0.1, 0.15) is 24.2 Å². The van der Waals surface area contributed by atoms with Crippen LogP contribution in [-0.4, -0.2) is 17.8 Å². The second-order valence-electron chi connectivity index (χ2n) is 3.35. The molecule has 0 heterocycles. The summed E-state index contributed by atoms with van der Waals surface area (Å²) in [6.07, 6.45) is -0.702. The number of carbonyl (C=O) groups is 2. The molecule has 0 aliphatic heterocycles. The largest absolute Gasteiger partial charge is 0.481 e. The van der Waals surface area contributed by atoms with Crippen LogP contribution in [0.15, 0.2) is 24.3 Å². The van der Waals surface area contributed by atoms with Gasteiger partial charge in [-0.3, -0.25) is 15.0 Å². The van der Waals surface area contributed by atoms with E-state index in [2.05, 4.69) is 0 Å². The summed E-state index contributed by atoms with van der Waals surface area (Å²) in [5, 5.41) is 0. The number of Topliss-reactive ketones (excluding diaryl/α,β-unsaturated/α-hetero) is 1. The van der Waals surface area contributed by atoms with Gasteiger partial charge < -0.3 is 4.74 Å². The van der Waals surface area contributed by atoms with Gasteiger partial charge in [0.1, 0.15) is 5.75 Å². The molecule has 0 aliphatic carbocycles. The third kappa shape index (κ3) is 3.06. The lowest BCUT2D eigenvalue weighted by atomic mass is 10.1. The summed E-state index contributed by atoms with van der Waals surface area (Å²) < 4.78 is 5.31. The van der Waals surface area contributed by atoms with Crippen molar-refractivity contribution in [2.75, 3.05) is 0 Å². The molecule has 86 valence electrons. The molecule has 16 heavy (non-hydrogen) atoms. The van der Waals surface area contributed by atoms with E-state index in [0.717, 1.165) is 0 Å². The number of hydrogen-bond acceptors (Lipinski definition) is 4. The zero-order valence-electron chi connectivity index (χ0n) is 9.19. The molecule has 5 heteroatoms. The van der Waals surface area contributed by atoms with Crippen LogP contribution in [0.25, 0.3) is 0 Å². The fourth-order valence-corrected chi connectivity index (χ4v) is 1.16. The average Bonchev–Trinajstić information content (AvgIpc) is 2.28. The monoisotopic (exact) mass is 222 g/mol. The van der Waals surface area contributed by atoms with Gasteiger partial charge in [0.25, 0.3) is 5.91 Å². The first-order chi connectivity index (χ1) is 7.54. The van der Waals surface area contributed by atoms with Gasteiger partial charge in [-0.15, -0.1) is 0 Å². The van der Waals surface area contributed by atoms with Gasteiger partial charge >= 0.3 is 0 Å². The van der Waals surface area contributed by atoms with E-state index < -0.39 is 12.0 Å². The summed E-state index contributed by atoms with van der Waals surface area (Å²) in [4.78, 5) is 22.2. The molecule has 0 spiro atoms. The highest BCUT2D eigenvalue weighted by Crippen LogP contribution is 2.15. The predicted octanol–water partition coefficient (Wildman–Crippen LogP) is 0.646. The number of carbonyl (C=O) groups excluding carboxylic acids is 2. The van der Waals surface area contributed by atoms with Crippen molar-refractivity contribution < 1.29 is 14.3 Å².